The van der Waals surface area contributed by atoms with Crippen LogP contribution in [0, 0.1) is 0 Å². The summed E-state index contributed by atoms with van der Waals surface area (Å²) < 4.78 is 1.78. The first-order chi connectivity index (χ1) is 7.15. The fourth-order valence-corrected chi connectivity index (χ4v) is 1.16. The minimum atomic E-state index is -0.500. The molecule has 6 heteroatoms. The molecule has 0 fully saturated rings. The quantitative estimate of drug-likeness (QED) is 0.825. The average Bonchev–Trinajstić information content (AvgIpc) is 2.62. The number of hydrogen-bond donors (Lipinski definition) is 2. The van der Waals surface area contributed by atoms with Gasteiger partial charge in [0, 0.05) is 12.6 Å². The number of carbonyl (C=O) groups excluding carboxylic acids is 1. The van der Waals surface area contributed by atoms with Gasteiger partial charge in [-0.2, -0.15) is 5.10 Å². The molecule has 0 aromatic carbocycles. The van der Waals surface area contributed by atoms with E-state index in [1.54, 1.807) is 23.9 Å². The summed E-state index contributed by atoms with van der Waals surface area (Å²) in [5.74, 6) is 0.527. The molecular weight excluding hydrogens is 228 g/mol. The molecule has 0 unspecified atom stereocenters. The van der Waals surface area contributed by atoms with Crippen LogP contribution in [0.15, 0.2) is 12.3 Å². The van der Waals surface area contributed by atoms with Crippen molar-refractivity contribution in [3.8, 4) is 0 Å². The van der Waals surface area contributed by atoms with Gasteiger partial charge in [0.15, 0.2) is 0 Å². The molecule has 0 saturated carbocycles. The van der Waals surface area contributed by atoms with Crippen LogP contribution in [-0.4, -0.2) is 21.7 Å². The molecule has 1 rings (SSSR count). The van der Waals surface area contributed by atoms with Gasteiger partial charge in [-0.1, -0.05) is 13.3 Å². The van der Waals surface area contributed by atoms with E-state index >= 15 is 0 Å². The van der Waals surface area contributed by atoms with E-state index in [1.165, 1.54) is 0 Å². The van der Waals surface area contributed by atoms with Gasteiger partial charge >= 0.3 is 0 Å². The highest BCUT2D eigenvalue weighted by Crippen LogP contribution is 2.07. The second kappa shape index (κ2) is 7.24. The van der Waals surface area contributed by atoms with E-state index in [0.717, 1.165) is 19.4 Å². The lowest BCUT2D eigenvalue weighted by molar-refractivity contribution is -0.117. The normalized spacial score (nSPS) is 11.7. The monoisotopic (exact) mass is 246 g/mol. The third-order valence-electron chi connectivity index (χ3n) is 2.10. The van der Waals surface area contributed by atoms with Crippen molar-refractivity contribution in [3.63, 3.8) is 0 Å². The Morgan fingerprint density at radius 1 is 1.69 bits per heavy atom. The van der Waals surface area contributed by atoms with Crippen molar-refractivity contribution >= 4 is 24.1 Å². The number of rotatable bonds is 5. The number of nitrogens with one attached hydrogen (secondary N) is 1. The maximum Gasteiger partial charge on any atom is 0.242 e. The lowest BCUT2D eigenvalue weighted by Crippen LogP contribution is -2.33. The third kappa shape index (κ3) is 4.20. The highest BCUT2D eigenvalue weighted by molar-refractivity contribution is 5.93. The summed E-state index contributed by atoms with van der Waals surface area (Å²) in [5, 5.41) is 6.86. The summed E-state index contributed by atoms with van der Waals surface area (Å²) in [5.41, 5.74) is 5.46. The molecule has 1 heterocycles. The number of halogens is 1. The first-order valence-electron chi connectivity index (χ1n) is 5.23. The Labute approximate surface area is 102 Å². The maximum absolute atomic E-state index is 11.4. The van der Waals surface area contributed by atoms with Crippen molar-refractivity contribution in [1.29, 1.82) is 0 Å². The van der Waals surface area contributed by atoms with Gasteiger partial charge in [-0.15, -0.1) is 12.4 Å². The van der Waals surface area contributed by atoms with Crippen molar-refractivity contribution in [2.75, 3.05) is 5.32 Å². The predicted octanol–water partition coefficient (Wildman–Crippen LogP) is 1.39. The Bertz CT molecular complexity index is 324. The molecule has 5 nitrogen and oxygen atoms in total. The lowest BCUT2D eigenvalue weighted by atomic mass is 10.3. The Morgan fingerprint density at radius 2 is 2.38 bits per heavy atom. The van der Waals surface area contributed by atoms with Crippen molar-refractivity contribution in [2.24, 2.45) is 5.73 Å². The predicted molar refractivity (Wildman–Crippen MR) is 66.7 cm³/mol. The molecule has 0 aliphatic carbocycles. The number of carbonyl (C=O) groups is 1. The van der Waals surface area contributed by atoms with Crippen LogP contribution in [0.3, 0.4) is 0 Å². The maximum atomic E-state index is 11.4. The second-order valence-electron chi connectivity index (χ2n) is 3.57. The van der Waals surface area contributed by atoms with Gasteiger partial charge < -0.3 is 11.1 Å². The van der Waals surface area contributed by atoms with E-state index in [2.05, 4.69) is 17.3 Å². The lowest BCUT2D eigenvalue weighted by Gasteiger charge is -2.09. The van der Waals surface area contributed by atoms with Crippen LogP contribution in [0.25, 0.3) is 0 Å². The highest BCUT2D eigenvalue weighted by atomic mass is 35.5. The molecule has 1 atom stereocenters. The molecule has 16 heavy (non-hydrogen) atoms. The summed E-state index contributed by atoms with van der Waals surface area (Å²) in [6.07, 6.45) is 3.82. The van der Waals surface area contributed by atoms with Gasteiger partial charge in [-0.05, 0) is 13.3 Å². The molecule has 1 aromatic rings. The summed E-state index contributed by atoms with van der Waals surface area (Å²) in [4.78, 5) is 11.4. The van der Waals surface area contributed by atoms with Crippen LogP contribution in [-0.2, 0) is 11.3 Å². The Kier molecular flexibility index (Phi) is 6.76. The van der Waals surface area contributed by atoms with Crippen LogP contribution >= 0.6 is 12.4 Å². The van der Waals surface area contributed by atoms with Crippen molar-refractivity contribution in [3.05, 3.63) is 12.3 Å². The SMILES string of the molecule is CCCCn1nccc1NC(=O)[C@H](C)N.Cl. The van der Waals surface area contributed by atoms with Gasteiger partial charge in [0.05, 0.1) is 12.2 Å². The molecule has 0 bridgehead atoms. The molecule has 0 aliphatic heterocycles. The molecule has 1 amide bonds. The van der Waals surface area contributed by atoms with Gasteiger partial charge in [0.1, 0.15) is 5.82 Å². The zero-order chi connectivity index (χ0) is 11.3. The van der Waals surface area contributed by atoms with Gasteiger partial charge in [0.2, 0.25) is 5.91 Å². The van der Waals surface area contributed by atoms with Crippen molar-refractivity contribution in [1.82, 2.24) is 9.78 Å². The number of nitrogens with two attached hydrogens (primary N) is 1. The zero-order valence-corrected chi connectivity index (χ0v) is 10.5. The number of aryl methyl sites for hydroxylation is 1. The van der Waals surface area contributed by atoms with E-state index in [0.29, 0.717) is 5.82 Å². The first kappa shape index (κ1) is 14.9. The van der Waals surface area contributed by atoms with E-state index in [9.17, 15) is 4.79 Å². The third-order valence-corrected chi connectivity index (χ3v) is 2.10. The second-order valence-corrected chi connectivity index (χ2v) is 3.57. The van der Waals surface area contributed by atoms with Crippen molar-refractivity contribution < 1.29 is 4.79 Å². The molecule has 0 radical (unpaired) electrons. The van der Waals surface area contributed by atoms with Crippen LogP contribution in [0.4, 0.5) is 5.82 Å². The molecular formula is C10H19ClN4O. The Balaban J connectivity index is 0.00000225. The average molecular weight is 247 g/mol. The molecule has 92 valence electrons. The van der Waals surface area contributed by atoms with E-state index in [1.807, 2.05) is 0 Å². The van der Waals surface area contributed by atoms with Crippen LogP contribution in [0.5, 0.6) is 0 Å². The Morgan fingerprint density at radius 3 is 2.94 bits per heavy atom. The largest absolute Gasteiger partial charge is 0.320 e. The molecule has 0 spiro atoms. The van der Waals surface area contributed by atoms with E-state index in [-0.39, 0.29) is 18.3 Å². The summed E-state index contributed by atoms with van der Waals surface area (Å²) in [6.45, 7) is 4.59. The minimum absolute atomic E-state index is 0. The van der Waals surface area contributed by atoms with Crippen LogP contribution in [0.2, 0.25) is 0 Å². The number of unbranched alkanes of at least 4 members (excludes halogenated alkanes) is 1. The van der Waals surface area contributed by atoms with Gasteiger partial charge in [-0.3, -0.25) is 4.79 Å². The topological polar surface area (TPSA) is 72.9 Å². The molecule has 1 aromatic heterocycles. The van der Waals surface area contributed by atoms with Gasteiger partial charge in [-0.25, -0.2) is 4.68 Å². The van der Waals surface area contributed by atoms with Crippen LogP contribution < -0.4 is 11.1 Å². The number of amides is 1. The number of hydrogen-bond acceptors (Lipinski definition) is 3. The van der Waals surface area contributed by atoms with Crippen molar-refractivity contribution in [2.45, 2.75) is 39.3 Å². The van der Waals surface area contributed by atoms with Crippen LogP contribution in [0.1, 0.15) is 26.7 Å². The number of nitrogens with zero attached hydrogens (tertiary/aromatic N) is 2. The fraction of sp³-hybridized carbons (Fsp3) is 0.600. The highest BCUT2D eigenvalue weighted by Gasteiger charge is 2.10. The first-order valence-corrected chi connectivity index (χ1v) is 5.23. The summed E-state index contributed by atoms with van der Waals surface area (Å²) in [7, 11) is 0. The van der Waals surface area contributed by atoms with Gasteiger partial charge in [0.25, 0.3) is 0 Å². The summed E-state index contributed by atoms with van der Waals surface area (Å²) in [6, 6.07) is 1.27. The fourth-order valence-electron chi connectivity index (χ4n) is 1.16. The minimum Gasteiger partial charge on any atom is -0.320 e. The number of aromatic nitrogens is 2. The standard InChI is InChI=1S/C10H18N4O.ClH/c1-3-4-7-14-9(5-6-12-14)13-10(15)8(2)11;/h5-6,8H,3-4,7,11H2,1-2H3,(H,13,15);1H/t8-;/m0./s1. The Hall–Kier alpha value is -1.07. The molecule has 0 aliphatic rings. The smallest absolute Gasteiger partial charge is 0.242 e. The van der Waals surface area contributed by atoms with E-state index < -0.39 is 6.04 Å². The summed E-state index contributed by atoms with van der Waals surface area (Å²) >= 11 is 0. The molecule has 0 saturated heterocycles. The van der Waals surface area contributed by atoms with E-state index in [4.69, 9.17) is 5.73 Å². The molecule has 3 N–H and O–H groups in total. The number of anilines is 1. The zero-order valence-electron chi connectivity index (χ0n) is 9.64.